The topological polar surface area (TPSA) is 56.8 Å². The standard InChI is InChI=1S/C21H24N2O4/c1-13-6-5-7-15(10-13)22-21(24)18-17-14(8-9-23(18,2)3)11-16-19(20(17)25-4)27-12-26-16/h5-7,10-11,18H,8-9,12H2,1-4H3/p+1/t18-/m0/s1. The van der Waals surface area contributed by atoms with E-state index in [2.05, 4.69) is 19.4 Å². The Morgan fingerprint density at radius 1 is 1.26 bits per heavy atom. The van der Waals surface area contributed by atoms with Gasteiger partial charge in [-0.2, -0.15) is 0 Å². The van der Waals surface area contributed by atoms with Crippen molar-refractivity contribution >= 4 is 11.6 Å². The van der Waals surface area contributed by atoms with Crippen molar-refractivity contribution in [1.29, 1.82) is 0 Å². The van der Waals surface area contributed by atoms with Crippen LogP contribution in [0.3, 0.4) is 0 Å². The minimum atomic E-state index is -0.404. The van der Waals surface area contributed by atoms with Gasteiger partial charge < -0.3 is 24.0 Å². The quantitative estimate of drug-likeness (QED) is 0.845. The summed E-state index contributed by atoms with van der Waals surface area (Å²) in [7, 11) is 5.77. The number of hydrogen-bond acceptors (Lipinski definition) is 4. The van der Waals surface area contributed by atoms with Crippen LogP contribution in [0.5, 0.6) is 17.2 Å². The van der Waals surface area contributed by atoms with Gasteiger partial charge in [-0.1, -0.05) is 12.1 Å². The number of nitrogens with zero attached hydrogens (tertiary/aromatic N) is 1. The zero-order valence-electron chi connectivity index (χ0n) is 16.2. The number of quaternary nitrogens is 1. The Balaban J connectivity index is 1.79. The molecule has 0 aliphatic carbocycles. The number of fused-ring (bicyclic) bond motifs is 2. The van der Waals surface area contributed by atoms with Gasteiger partial charge in [-0.15, -0.1) is 0 Å². The average Bonchev–Trinajstić information content (AvgIpc) is 3.07. The summed E-state index contributed by atoms with van der Waals surface area (Å²) in [4.78, 5) is 13.4. The lowest BCUT2D eigenvalue weighted by Crippen LogP contribution is -2.52. The fourth-order valence-corrected chi connectivity index (χ4v) is 4.06. The third-order valence-corrected chi connectivity index (χ3v) is 5.41. The van der Waals surface area contributed by atoms with E-state index in [4.69, 9.17) is 14.2 Å². The van der Waals surface area contributed by atoms with Crippen LogP contribution in [0.2, 0.25) is 0 Å². The molecule has 2 aromatic carbocycles. The summed E-state index contributed by atoms with van der Waals surface area (Å²) in [6, 6.07) is 9.42. The molecule has 1 amide bonds. The van der Waals surface area contributed by atoms with E-state index in [1.807, 2.05) is 37.3 Å². The van der Waals surface area contributed by atoms with Crippen LogP contribution in [0.4, 0.5) is 5.69 Å². The normalized spacial score (nSPS) is 19.3. The molecule has 0 fully saturated rings. The third-order valence-electron chi connectivity index (χ3n) is 5.41. The lowest BCUT2D eigenvalue weighted by atomic mass is 9.88. The molecule has 0 radical (unpaired) electrons. The first-order valence-corrected chi connectivity index (χ1v) is 9.10. The van der Waals surface area contributed by atoms with Gasteiger partial charge in [-0.3, -0.25) is 4.79 Å². The van der Waals surface area contributed by atoms with Gasteiger partial charge in [-0.05, 0) is 36.2 Å². The zero-order valence-corrected chi connectivity index (χ0v) is 16.2. The van der Waals surface area contributed by atoms with Crippen LogP contribution in [0, 0.1) is 6.92 Å². The fourth-order valence-electron chi connectivity index (χ4n) is 4.06. The predicted molar refractivity (Wildman–Crippen MR) is 102 cm³/mol. The van der Waals surface area contributed by atoms with Gasteiger partial charge in [0.2, 0.25) is 12.5 Å². The highest BCUT2D eigenvalue weighted by Crippen LogP contribution is 2.50. The Labute approximate surface area is 159 Å². The molecular weight excluding hydrogens is 344 g/mol. The molecular formula is C21H25N2O4+. The van der Waals surface area contributed by atoms with Crippen LogP contribution in [0.1, 0.15) is 22.7 Å². The number of benzene rings is 2. The number of methoxy groups -OCH3 is 1. The number of ether oxygens (including phenoxy) is 3. The van der Waals surface area contributed by atoms with Crippen LogP contribution < -0.4 is 19.5 Å². The number of carbonyl (C=O) groups is 1. The monoisotopic (exact) mass is 369 g/mol. The van der Waals surface area contributed by atoms with E-state index < -0.39 is 6.04 Å². The molecule has 0 saturated carbocycles. The molecule has 2 aliphatic heterocycles. The molecule has 6 nitrogen and oxygen atoms in total. The van der Waals surface area contributed by atoms with E-state index in [1.54, 1.807) is 7.11 Å². The van der Waals surface area contributed by atoms with E-state index in [0.29, 0.717) is 21.7 Å². The number of carbonyl (C=O) groups excluding carboxylic acids is 1. The van der Waals surface area contributed by atoms with Crippen LogP contribution in [0.15, 0.2) is 30.3 Å². The molecule has 1 atom stereocenters. The summed E-state index contributed by atoms with van der Waals surface area (Å²) in [5, 5.41) is 3.09. The van der Waals surface area contributed by atoms with Gasteiger partial charge in [0.25, 0.3) is 5.91 Å². The van der Waals surface area contributed by atoms with Gasteiger partial charge in [0.05, 0.1) is 33.3 Å². The second-order valence-corrected chi connectivity index (χ2v) is 7.73. The highest BCUT2D eigenvalue weighted by Gasteiger charge is 2.45. The van der Waals surface area contributed by atoms with Gasteiger partial charge in [0, 0.05) is 12.1 Å². The first-order chi connectivity index (χ1) is 12.9. The Hall–Kier alpha value is -2.73. The molecule has 1 N–H and O–H groups in total. The van der Waals surface area contributed by atoms with Gasteiger partial charge in [-0.25, -0.2) is 0 Å². The molecule has 2 heterocycles. The molecule has 2 aliphatic rings. The largest absolute Gasteiger partial charge is 0.492 e. The summed E-state index contributed by atoms with van der Waals surface area (Å²) in [6.07, 6.45) is 0.851. The number of anilines is 1. The maximum Gasteiger partial charge on any atom is 0.287 e. The molecule has 142 valence electrons. The second kappa shape index (κ2) is 6.46. The molecule has 0 bridgehead atoms. The fraction of sp³-hybridized carbons (Fsp3) is 0.381. The maximum absolute atomic E-state index is 13.4. The van der Waals surface area contributed by atoms with Crippen LogP contribution in [-0.4, -0.2) is 44.9 Å². The smallest absolute Gasteiger partial charge is 0.287 e. The second-order valence-electron chi connectivity index (χ2n) is 7.73. The van der Waals surface area contributed by atoms with E-state index in [1.165, 1.54) is 0 Å². The van der Waals surface area contributed by atoms with Crippen LogP contribution in [0.25, 0.3) is 0 Å². The molecule has 2 aromatic rings. The highest BCUT2D eigenvalue weighted by atomic mass is 16.7. The number of aryl methyl sites for hydroxylation is 1. The van der Waals surface area contributed by atoms with Gasteiger partial charge >= 0.3 is 0 Å². The van der Waals surface area contributed by atoms with Crippen LogP contribution in [-0.2, 0) is 11.2 Å². The Kier molecular flexibility index (Phi) is 4.23. The van der Waals surface area contributed by atoms with Gasteiger partial charge in [0.1, 0.15) is 0 Å². The first-order valence-electron chi connectivity index (χ1n) is 9.10. The number of hydrogen-bond donors (Lipinski definition) is 1. The number of rotatable bonds is 3. The van der Waals surface area contributed by atoms with Crippen molar-refractivity contribution in [2.24, 2.45) is 0 Å². The molecule has 0 saturated heterocycles. The van der Waals surface area contributed by atoms with Crippen molar-refractivity contribution in [3.63, 3.8) is 0 Å². The maximum atomic E-state index is 13.4. The van der Waals surface area contributed by atoms with Crippen molar-refractivity contribution in [3.05, 3.63) is 47.0 Å². The molecule has 4 rings (SSSR count). The predicted octanol–water partition coefficient (Wildman–Crippen LogP) is 3.04. The SMILES string of the molecule is COc1c2c(cc3c1[C@@H](C(=O)Nc1cccc(C)c1)[N+](C)(C)CC3)OCO2. The van der Waals surface area contributed by atoms with Crippen molar-refractivity contribution in [1.82, 2.24) is 0 Å². The molecule has 0 spiro atoms. The van der Waals surface area contributed by atoms with Crippen LogP contribution >= 0.6 is 0 Å². The summed E-state index contributed by atoms with van der Waals surface area (Å²) in [5.74, 6) is 1.83. The lowest BCUT2D eigenvalue weighted by Gasteiger charge is -2.42. The molecule has 6 heteroatoms. The Morgan fingerprint density at radius 3 is 2.81 bits per heavy atom. The lowest BCUT2D eigenvalue weighted by molar-refractivity contribution is -0.913. The molecule has 27 heavy (non-hydrogen) atoms. The minimum absolute atomic E-state index is 0.0521. The van der Waals surface area contributed by atoms with Crippen molar-refractivity contribution in [2.45, 2.75) is 19.4 Å². The summed E-state index contributed by atoms with van der Waals surface area (Å²) in [6.45, 7) is 3.03. The summed E-state index contributed by atoms with van der Waals surface area (Å²) < 4.78 is 17.4. The number of likely N-dealkylation sites (N-methyl/N-ethyl adjacent to an activating group) is 1. The molecule has 0 aromatic heterocycles. The van der Waals surface area contributed by atoms with E-state index in [0.717, 1.165) is 35.3 Å². The minimum Gasteiger partial charge on any atom is -0.492 e. The number of amides is 1. The van der Waals surface area contributed by atoms with E-state index >= 15 is 0 Å². The first kappa shape index (κ1) is 17.7. The summed E-state index contributed by atoms with van der Waals surface area (Å²) in [5.41, 5.74) is 3.87. The van der Waals surface area contributed by atoms with E-state index in [-0.39, 0.29) is 12.7 Å². The van der Waals surface area contributed by atoms with E-state index in [9.17, 15) is 4.79 Å². The zero-order chi connectivity index (χ0) is 19.2. The van der Waals surface area contributed by atoms with Crippen molar-refractivity contribution in [3.8, 4) is 17.2 Å². The van der Waals surface area contributed by atoms with Crippen molar-refractivity contribution in [2.75, 3.05) is 39.9 Å². The Bertz CT molecular complexity index is 907. The highest BCUT2D eigenvalue weighted by molar-refractivity contribution is 5.96. The molecule has 0 unspecified atom stereocenters. The van der Waals surface area contributed by atoms with Crippen molar-refractivity contribution < 1.29 is 23.5 Å². The van der Waals surface area contributed by atoms with Gasteiger partial charge in [0.15, 0.2) is 17.5 Å². The Morgan fingerprint density at radius 2 is 2.07 bits per heavy atom. The summed E-state index contributed by atoms with van der Waals surface area (Å²) >= 11 is 0. The average molecular weight is 369 g/mol. The third kappa shape index (κ3) is 3.00. The number of nitrogens with one attached hydrogen (secondary N) is 1.